The van der Waals surface area contributed by atoms with Crippen molar-refractivity contribution < 1.29 is 14.0 Å². The zero-order valence-electron chi connectivity index (χ0n) is 12.2. The maximum absolute atomic E-state index is 13.1. The van der Waals surface area contributed by atoms with E-state index >= 15 is 0 Å². The molecule has 1 aromatic heterocycles. The highest BCUT2D eigenvalue weighted by Crippen LogP contribution is 2.21. The number of amides is 2. The van der Waals surface area contributed by atoms with Crippen molar-refractivity contribution in [1.29, 1.82) is 0 Å². The first-order valence-electron chi connectivity index (χ1n) is 7.13. The van der Waals surface area contributed by atoms with Crippen LogP contribution in [0.3, 0.4) is 0 Å². The van der Waals surface area contributed by atoms with Gasteiger partial charge in [0.05, 0.1) is 10.4 Å². The second-order valence-electron chi connectivity index (χ2n) is 5.19. The fourth-order valence-corrected chi connectivity index (χ4v) is 3.71. The Morgan fingerprint density at radius 3 is 2.26 bits per heavy atom. The van der Waals surface area contributed by atoms with Gasteiger partial charge in [0.15, 0.2) is 0 Å². The third-order valence-electron chi connectivity index (χ3n) is 3.75. The van der Waals surface area contributed by atoms with Crippen LogP contribution < -0.4 is 0 Å². The molecule has 1 fully saturated rings. The summed E-state index contributed by atoms with van der Waals surface area (Å²) in [7, 11) is 0. The van der Waals surface area contributed by atoms with Crippen LogP contribution in [-0.2, 0) is 0 Å². The van der Waals surface area contributed by atoms with E-state index in [1.54, 1.807) is 15.9 Å². The average molecular weight is 397 g/mol. The van der Waals surface area contributed by atoms with Crippen molar-refractivity contribution in [3.8, 4) is 0 Å². The smallest absolute Gasteiger partial charge is 0.264 e. The number of piperazine rings is 1. The molecule has 1 aliphatic rings. The molecule has 4 nitrogen and oxygen atoms in total. The average Bonchev–Trinajstić information content (AvgIpc) is 3.08. The molecule has 0 saturated carbocycles. The molecular weight excluding hydrogens is 383 g/mol. The van der Waals surface area contributed by atoms with Gasteiger partial charge in [-0.2, -0.15) is 0 Å². The zero-order valence-corrected chi connectivity index (χ0v) is 14.6. The lowest BCUT2D eigenvalue weighted by Gasteiger charge is -2.34. The van der Waals surface area contributed by atoms with Crippen molar-refractivity contribution in [1.82, 2.24) is 9.80 Å². The minimum Gasteiger partial charge on any atom is -0.335 e. The number of benzene rings is 1. The van der Waals surface area contributed by atoms with Crippen LogP contribution in [0.2, 0.25) is 0 Å². The number of rotatable bonds is 2. The lowest BCUT2D eigenvalue weighted by atomic mass is 10.1. The van der Waals surface area contributed by atoms with Gasteiger partial charge >= 0.3 is 0 Å². The van der Waals surface area contributed by atoms with Crippen LogP contribution in [0.5, 0.6) is 0 Å². The Bertz CT molecular complexity index is 728. The minimum atomic E-state index is -0.389. The molecule has 0 spiro atoms. The van der Waals surface area contributed by atoms with Gasteiger partial charge in [0, 0.05) is 30.7 Å². The molecule has 7 heteroatoms. The van der Waals surface area contributed by atoms with E-state index < -0.39 is 0 Å². The number of hydrogen-bond donors (Lipinski definition) is 0. The van der Waals surface area contributed by atoms with E-state index in [0.29, 0.717) is 41.1 Å². The second-order valence-corrected chi connectivity index (χ2v) is 6.99. The Labute approximate surface area is 145 Å². The molecule has 2 aromatic rings. The molecule has 1 aromatic carbocycles. The van der Waals surface area contributed by atoms with E-state index in [0.717, 1.165) is 0 Å². The van der Waals surface area contributed by atoms with E-state index in [-0.39, 0.29) is 17.6 Å². The van der Waals surface area contributed by atoms with Crippen LogP contribution in [0.4, 0.5) is 4.39 Å². The van der Waals surface area contributed by atoms with Crippen LogP contribution in [-0.4, -0.2) is 47.8 Å². The molecule has 0 N–H and O–H groups in total. The lowest BCUT2D eigenvalue weighted by Crippen LogP contribution is -2.50. The Kier molecular flexibility index (Phi) is 4.77. The van der Waals surface area contributed by atoms with E-state index in [1.165, 1.54) is 29.5 Å². The molecule has 2 heterocycles. The maximum atomic E-state index is 13.1. The fraction of sp³-hybridized carbons (Fsp3) is 0.250. The monoisotopic (exact) mass is 396 g/mol. The van der Waals surface area contributed by atoms with Crippen molar-refractivity contribution in [3.63, 3.8) is 0 Å². The Balaban J connectivity index is 1.64. The van der Waals surface area contributed by atoms with E-state index in [2.05, 4.69) is 15.9 Å². The van der Waals surface area contributed by atoms with Gasteiger partial charge in [0.25, 0.3) is 11.8 Å². The van der Waals surface area contributed by atoms with E-state index in [1.807, 2.05) is 11.4 Å². The largest absolute Gasteiger partial charge is 0.335 e. The fourth-order valence-electron chi connectivity index (χ4n) is 2.50. The Hall–Kier alpha value is -1.73. The molecule has 2 amide bonds. The number of thiophene rings is 1. The van der Waals surface area contributed by atoms with Crippen LogP contribution in [0.1, 0.15) is 20.0 Å². The standard InChI is InChI=1S/C16H14BrFN2O2S/c17-13-10-11(18)3-4-12(13)15(21)19-5-7-20(8-6-19)16(22)14-2-1-9-23-14/h1-4,9-10H,5-8H2. The summed E-state index contributed by atoms with van der Waals surface area (Å²) in [4.78, 5) is 29.0. The highest BCUT2D eigenvalue weighted by molar-refractivity contribution is 9.10. The predicted octanol–water partition coefficient (Wildman–Crippen LogP) is 3.25. The summed E-state index contributed by atoms with van der Waals surface area (Å²) >= 11 is 4.64. The normalized spacial score (nSPS) is 14.9. The maximum Gasteiger partial charge on any atom is 0.264 e. The molecule has 120 valence electrons. The van der Waals surface area contributed by atoms with Crippen molar-refractivity contribution in [3.05, 3.63) is 56.4 Å². The second kappa shape index (κ2) is 6.80. The summed E-state index contributed by atoms with van der Waals surface area (Å²) in [5.41, 5.74) is 0.435. The third kappa shape index (κ3) is 3.45. The van der Waals surface area contributed by atoms with Crippen molar-refractivity contribution in [2.75, 3.05) is 26.2 Å². The molecule has 0 atom stereocenters. The summed E-state index contributed by atoms with van der Waals surface area (Å²) in [6.45, 7) is 1.95. The van der Waals surface area contributed by atoms with Crippen LogP contribution in [0, 0.1) is 5.82 Å². The molecule has 3 rings (SSSR count). The van der Waals surface area contributed by atoms with E-state index in [4.69, 9.17) is 0 Å². The lowest BCUT2D eigenvalue weighted by molar-refractivity contribution is 0.0537. The van der Waals surface area contributed by atoms with Gasteiger partial charge in [-0.05, 0) is 45.6 Å². The van der Waals surface area contributed by atoms with Gasteiger partial charge in [-0.3, -0.25) is 9.59 Å². The summed E-state index contributed by atoms with van der Waals surface area (Å²) in [6.07, 6.45) is 0. The first-order valence-corrected chi connectivity index (χ1v) is 8.80. The van der Waals surface area contributed by atoms with Gasteiger partial charge in [0.2, 0.25) is 0 Å². The summed E-state index contributed by atoms with van der Waals surface area (Å²) in [5, 5.41) is 1.87. The highest BCUT2D eigenvalue weighted by atomic mass is 79.9. The van der Waals surface area contributed by atoms with E-state index in [9.17, 15) is 14.0 Å². The quantitative estimate of drug-likeness (QED) is 0.781. The third-order valence-corrected chi connectivity index (χ3v) is 5.26. The molecule has 0 unspecified atom stereocenters. The van der Waals surface area contributed by atoms with Gasteiger partial charge in [0.1, 0.15) is 5.82 Å². The molecular formula is C16H14BrFN2O2S. The summed E-state index contributed by atoms with van der Waals surface area (Å²) in [5.74, 6) is -0.532. The molecule has 0 bridgehead atoms. The van der Waals surface area contributed by atoms with Crippen LogP contribution >= 0.6 is 27.3 Å². The van der Waals surface area contributed by atoms with Crippen molar-refractivity contribution in [2.24, 2.45) is 0 Å². The topological polar surface area (TPSA) is 40.6 Å². The first-order chi connectivity index (χ1) is 11.1. The molecule has 23 heavy (non-hydrogen) atoms. The Morgan fingerprint density at radius 2 is 1.70 bits per heavy atom. The summed E-state index contributed by atoms with van der Waals surface area (Å²) < 4.78 is 13.6. The van der Waals surface area contributed by atoms with Gasteiger partial charge in [-0.1, -0.05) is 6.07 Å². The number of halogens is 2. The zero-order chi connectivity index (χ0) is 16.4. The predicted molar refractivity (Wildman–Crippen MR) is 90.2 cm³/mol. The molecule has 1 aliphatic heterocycles. The number of hydrogen-bond acceptors (Lipinski definition) is 3. The number of carbonyl (C=O) groups is 2. The van der Waals surface area contributed by atoms with Crippen LogP contribution in [0.15, 0.2) is 40.2 Å². The molecule has 0 radical (unpaired) electrons. The summed E-state index contributed by atoms with van der Waals surface area (Å²) in [6, 6.07) is 7.69. The Morgan fingerprint density at radius 1 is 1.04 bits per heavy atom. The molecule has 1 saturated heterocycles. The first kappa shape index (κ1) is 16.1. The highest BCUT2D eigenvalue weighted by Gasteiger charge is 2.26. The van der Waals surface area contributed by atoms with Gasteiger partial charge < -0.3 is 9.80 Å². The SMILES string of the molecule is O=C(c1cccs1)N1CCN(C(=O)c2ccc(F)cc2Br)CC1. The molecule has 0 aliphatic carbocycles. The number of carbonyl (C=O) groups excluding carboxylic acids is 2. The number of nitrogens with zero attached hydrogens (tertiary/aromatic N) is 2. The van der Waals surface area contributed by atoms with Gasteiger partial charge in [-0.25, -0.2) is 4.39 Å². The van der Waals surface area contributed by atoms with Crippen molar-refractivity contribution in [2.45, 2.75) is 0 Å². The minimum absolute atomic E-state index is 0.00932. The van der Waals surface area contributed by atoms with Crippen molar-refractivity contribution >= 4 is 39.1 Å². The van der Waals surface area contributed by atoms with Crippen LogP contribution in [0.25, 0.3) is 0 Å². The van der Waals surface area contributed by atoms with Gasteiger partial charge in [-0.15, -0.1) is 11.3 Å².